The minimum Gasteiger partial charge on any atom is -0.320 e. The van der Waals surface area contributed by atoms with Crippen molar-refractivity contribution < 1.29 is 4.79 Å². The number of aromatic nitrogens is 1. The molecule has 3 aromatic rings. The summed E-state index contributed by atoms with van der Waals surface area (Å²) in [7, 11) is 0. The summed E-state index contributed by atoms with van der Waals surface area (Å²) in [4.78, 5) is 16.4. The van der Waals surface area contributed by atoms with Crippen molar-refractivity contribution in [1.82, 2.24) is 4.98 Å². The van der Waals surface area contributed by atoms with E-state index in [1.807, 2.05) is 36.4 Å². The van der Waals surface area contributed by atoms with E-state index in [1.54, 1.807) is 18.3 Å². The van der Waals surface area contributed by atoms with E-state index in [-0.39, 0.29) is 5.91 Å². The summed E-state index contributed by atoms with van der Waals surface area (Å²) >= 11 is 6.75. The van der Waals surface area contributed by atoms with Crippen molar-refractivity contribution in [3.05, 3.63) is 69.4 Å². The third-order valence-electron chi connectivity index (χ3n) is 3.07. The standard InChI is InChI=1S/C16H10Br2N2O/c17-13-6-5-10-8-12(4-3-11(10)9-13)16(21)20-14-2-1-7-19-15(14)18/h1-9H,(H,20,21). The first-order chi connectivity index (χ1) is 10.1. The number of anilines is 1. The molecule has 0 atom stereocenters. The molecule has 3 rings (SSSR count). The second kappa shape index (κ2) is 5.95. The lowest BCUT2D eigenvalue weighted by atomic mass is 10.1. The quantitative estimate of drug-likeness (QED) is 0.608. The number of benzene rings is 2. The van der Waals surface area contributed by atoms with Crippen LogP contribution < -0.4 is 5.32 Å². The molecule has 5 heteroatoms. The smallest absolute Gasteiger partial charge is 0.255 e. The predicted molar refractivity (Wildman–Crippen MR) is 91.5 cm³/mol. The number of nitrogens with one attached hydrogen (secondary N) is 1. The first kappa shape index (κ1) is 14.2. The van der Waals surface area contributed by atoms with Crippen molar-refractivity contribution >= 4 is 54.2 Å². The zero-order valence-electron chi connectivity index (χ0n) is 10.8. The SMILES string of the molecule is O=C(Nc1cccnc1Br)c1ccc2cc(Br)ccc2c1. The molecule has 0 spiro atoms. The summed E-state index contributed by atoms with van der Waals surface area (Å²) in [5.41, 5.74) is 1.26. The number of amides is 1. The summed E-state index contributed by atoms with van der Waals surface area (Å²) in [6.45, 7) is 0. The van der Waals surface area contributed by atoms with Gasteiger partial charge in [-0.05, 0) is 63.1 Å². The van der Waals surface area contributed by atoms with Gasteiger partial charge in [0.1, 0.15) is 4.60 Å². The molecule has 0 aliphatic carbocycles. The maximum atomic E-state index is 12.3. The molecule has 0 bridgehead atoms. The molecule has 0 radical (unpaired) electrons. The molecule has 0 unspecified atom stereocenters. The highest BCUT2D eigenvalue weighted by Crippen LogP contribution is 2.23. The molecule has 1 aromatic heterocycles. The Kier molecular flexibility index (Phi) is 4.03. The second-order valence-corrected chi connectivity index (χ2v) is 6.17. The molecule has 0 aliphatic rings. The van der Waals surface area contributed by atoms with Gasteiger partial charge in [-0.25, -0.2) is 4.98 Å². The van der Waals surface area contributed by atoms with Gasteiger partial charge in [0.15, 0.2) is 0 Å². The van der Waals surface area contributed by atoms with Gasteiger partial charge in [0.05, 0.1) is 5.69 Å². The summed E-state index contributed by atoms with van der Waals surface area (Å²) in [5, 5.41) is 4.96. The van der Waals surface area contributed by atoms with Crippen molar-refractivity contribution in [3.8, 4) is 0 Å². The monoisotopic (exact) mass is 404 g/mol. The van der Waals surface area contributed by atoms with Crippen molar-refractivity contribution in [3.63, 3.8) is 0 Å². The van der Waals surface area contributed by atoms with Gasteiger partial charge in [-0.15, -0.1) is 0 Å². The van der Waals surface area contributed by atoms with E-state index < -0.39 is 0 Å². The van der Waals surface area contributed by atoms with E-state index in [1.165, 1.54) is 0 Å². The molecule has 21 heavy (non-hydrogen) atoms. The lowest BCUT2D eigenvalue weighted by Crippen LogP contribution is -2.12. The van der Waals surface area contributed by atoms with Gasteiger partial charge in [0.2, 0.25) is 0 Å². The number of nitrogens with zero attached hydrogens (tertiary/aromatic N) is 1. The van der Waals surface area contributed by atoms with Crippen LogP contribution in [0.5, 0.6) is 0 Å². The topological polar surface area (TPSA) is 42.0 Å². The van der Waals surface area contributed by atoms with Crippen LogP contribution in [0.2, 0.25) is 0 Å². The van der Waals surface area contributed by atoms with Crippen LogP contribution in [0.15, 0.2) is 63.8 Å². The minimum absolute atomic E-state index is 0.159. The predicted octanol–water partition coefficient (Wildman–Crippen LogP) is 5.01. The Morgan fingerprint density at radius 1 is 1.00 bits per heavy atom. The highest BCUT2D eigenvalue weighted by Gasteiger charge is 2.09. The van der Waals surface area contributed by atoms with Crippen molar-refractivity contribution in [1.29, 1.82) is 0 Å². The van der Waals surface area contributed by atoms with Crippen molar-refractivity contribution in [2.45, 2.75) is 0 Å². The molecule has 0 saturated heterocycles. The fourth-order valence-corrected chi connectivity index (χ4v) is 2.76. The molecule has 104 valence electrons. The maximum absolute atomic E-state index is 12.3. The largest absolute Gasteiger partial charge is 0.320 e. The molecule has 0 fully saturated rings. The molecule has 0 aliphatic heterocycles. The average Bonchev–Trinajstić information content (AvgIpc) is 2.49. The van der Waals surface area contributed by atoms with Crippen LogP contribution in [0.1, 0.15) is 10.4 Å². The highest BCUT2D eigenvalue weighted by molar-refractivity contribution is 9.10. The van der Waals surface area contributed by atoms with Crippen LogP contribution in [0.3, 0.4) is 0 Å². The van der Waals surface area contributed by atoms with Crippen LogP contribution in [0.25, 0.3) is 10.8 Å². The highest BCUT2D eigenvalue weighted by atomic mass is 79.9. The Morgan fingerprint density at radius 3 is 2.57 bits per heavy atom. The molecule has 0 saturated carbocycles. The van der Waals surface area contributed by atoms with Crippen LogP contribution in [-0.2, 0) is 0 Å². The maximum Gasteiger partial charge on any atom is 0.255 e. The van der Waals surface area contributed by atoms with E-state index in [0.717, 1.165) is 15.2 Å². The summed E-state index contributed by atoms with van der Waals surface area (Å²) in [6, 6.07) is 15.2. The number of pyridine rings is 1. The Balaban J connectivity index is 1.91. The van der Waals surface area contributed by atoms with Crippen molar-refractivity contribution in [2.24, 2.45) is 0 Å². The van der Waals surface area contributed by atoms with E-state index in [9.17, 15) is 4.79 Å². The fourth-order valence-electron chi connectivity index (χ4n) is 2.03. The van der Waals surface area contributed by atoms with Gasteiger partial charge >= 0.3 is 0 Å². The molecule has 1 N–H and O–H groups in total. The van der Waals surface area contributed by atoms with Gasteiger partial charge < -0.3 is 5.32 Å². The lowest BCUT2D eigenvalue weighted by Gasteiger charge is -2.07. The third-order valence-corrected chi connectivity index (χ3v) is 4.20. The zero-order chi connectivity index (χ0) is 14.8. The van der Waals surface area contributed by atoms with Crippen LogP contribution >= 0.6 is 31.9 Å². The average molecular weight is 406 g/mol. The van der Waals surface area contributed by atoms with Crippen molar-refractivity contribution in [2.75, 3.05) is 5.32 Å². The number of fused-ring (bicyclic) bond motifs is 1. The first-order valence-electron chi connectivity index (χ1n) is 6.25. The summed E-state index contributed by atoms with van der Waals surface area (Å²) in [6.07, 6.45) is 1.66. The Labute approximate surface area is 138 Å². The normalized spacial score (nSPS) is 10.6. The van der Waals surface area contributed by atoms with E-state index in [4.69, 9.17) is 0 Å². The number of hydrogen-bond acceptors (Lipinski definition) is 2. The van der Waals surface area contributed by atoms with E-state index >= 15 is 0 Å². The van der Waals surface area contributed by atoms with Gasteiger partial charge in [-0.3, -0.25) is 4.79 Å². The van der Waals surface area contributed by atoms with Gasteiger partial charge in [-0.1, -0.05) is 28.1 Å². The summed E-state index contributed by atoms with van der Waals surface area (Å²) in [5.74, 6) is -0.159. The van der Waals surface area contributed by atoms with Crippen LogP contribution in [-0.4, -0.2) is 10.9 Å². The second-order valence-electron chi connectivity index (χ2n) is 4.50. The molecule has 1 amide bonds. The third kappa shape index (κ3) is 3.14. The van der Waals surface area contributed by atoms with Gasteiger partial charge in [-0.2, -0.15) is 0 Å². The Hall–Kier alpha value is -1.72. The van der Waals surface area contributed by atoms with E-state index in [2.05, 4.69) is 42.2 Å². The fraction of sp³-hybridized carbons (Fsp3) is 0. The number of carbonyl (C=O) groups excluding carboxylic acids is 1. The Bertz CT molecular complexity index is 833. The van der Waals surface area contributed by atoms with Crippen LogP contribution in [0, 0.1) is 0 Å². The number of hydrogen-bond donors (Lipinski definition) is 1. The minimum atomic E-state index is -0.159. The first-order valence-corrected chi connectivity index (χ1v) is 7.83. The van der Waals surface area contributed by atoms with Gasteiger partial charge in [0.25, 0.3) is 5.91 Å². The zero-order valence-corrected chi connectivity index (χ0v) is 14.0. The molecule has 1 heterocycles. The molecule has 3 nitrogen and oxygen atoms in total. The summed E-state index contributed by atoms with van der Waals surface area (Å²) < 4.78 is 1.63. The molecular formula is C16H10Br2N2O. The van der Waals surface area contributed by atoms with E-state index in [0.29, 0.717) is 15.9 Å². The van der Waals surface area contributed by atoms with Gasteiger partial charge in [0, 0.05) is 16.2 Å². The number of carbonyl (C=O) groups is 1. The number of rotatable bonds is 2. The lowest BCUT2D eigenvalue weighted by molar-refractivity contribution is 0.102. The Morgan fingerprint density at radius 2 is 1.76 bits per heavy atom. The molecule has 2 aromatic carbocycles. The van der Waals surface area contributed by atoms with Crippen LogP contribution in [0.4, 0.5) is 5.69 Å². The number of halogens is 2. The molecular weight excluding hydrogens is 396 g/mol.